The molecule has 0 radical (unpaired) electrons. The van der Waals surface area contributed by atoms with Crippen LogP contribution >= 0.6 is 0 Å². The van der Waals surface area contributed by atoms with Gasteiger partial charge in [-0.05, 0) is 12.5 Å². The lowest BCUT2D eigenvalue weighted by Crippen LogP contribution is -2.50. The number of nitrogens with one attached hydrogen (secondary N) is 1. The van der Waals surface area contributed by atoms with Crippen molar-refractivity contribution in [1.29, 1.82) is 0 Å². The van der Waals surface area contributed by atoms with Gasteiger partial charge in [-0.2, -0.15) is 0 Å². The van der Waals surface area contributed by atoms with Crippen LogP contribution in [0.25, 0.3) is 0 Å². The molecule has 0 aromatic heterocycles. The Hall–Kier alpha value is -1.92. The first-order valence-electron chi connectivity index (χ1n) is 6.29. The summed E-state index contributed by atoms with van der Waals surface area (Å²) in [5, 5.41) is 21.7. The van der Waals surface area contributed by atoms with Crippen LogP contribution in [0.5, 0.6) is 0 Å². The summed E-state index contributed by atoms with van der Waals surface area (Å²) in [6.07, 6.45) is -1.32. The van der Waals surface area contributed by atoms with Gasteiger partial charge >= 0.3 is 5.97 Å². The maximum absolute atomic E-state index is 12.0. The number of hydrogen-bond donors (Lipinski definition) is 3. The largest absolute Gasteiger partial charge is 0.481 e. The van der Waals surface area contributed by atoms with E-state index >= 15 is 0 Å². The number of aliphatic carboxylic acids is 1. The van der Waals surface area contributed by atoms with Gasteiger partial charge in [0.1, 0.15) is 5.41 Å². The number of benzene rings is 1. The summed E-state index contributed by atoms with van der Waals surface area (Å²) in [6.45, 7) is 1.67. The zero-order chi connectivity index (χ0) is 14.8. The van der Waals surface area contributed by atoms with Gasteiger partial charge in [-0.3, -0.25) is 9.59 Å². The van der Waals surface area contributed by atoms with E-state index in [1.165, 1.54) is 6.92 Å². The summed E-state index contributed by atoms with van der Waals surface area (Å²) in [4.78, 5) is 23.3. The first-order chi connectivity index (χ1) is 9.45. The highest BCUT2D eigenvalue weighted by molar-refractivity contribution is 5.84. The summed E-state index contributed by atoms with van der Waals surface area (Å²) < 4.78 is 5.14. The number of amides is 1. The summed E-state index contributed by atoms with van der Waals surface area (Å²) in [5.41, 5.74) is -0.715. The number of hydrogen-bond acceptors (Lipinski definition) is 4. The van der Waals surface area contributed by atoms with Crippen LogP contribution in [-0.4, -0.2) is 41.3 Å². The molecule has 1 aliphatic heterocycles. The number of rotatable bonds is 4. The second-order valence-electron chi connectivity index (χ2n) is 5.11. The third-order valence-corrected chi connectivity index (χ3v) is 3.62. The van der Waals surface area contributed by atoms with Crippen LogP contribution in [0.2, 0.25) is 0 Å². The van der Waals surface area contributed by atoms with Crippen molar-refractivity contribution in [3.63, 3.8) is 0 Å². The number of aliphatic hydroxyl groups is 1. The van der Waals surface area contributed by atoms with E-state index in [4.69, 9.17) is 4.74 Å². The molecule has 6 heteroatoms. The highest BCUT2D eigenvalue weighted by Gasteiger charge is 2.47. The molecule has 1 fully saturated rings. The zero-order valence-corrected chi connectivity index (χ0v) is 11.1. The zero-order valence-electron chi connectivity index (χ0n) is 11.1. The fourth-order valence-corrected chi connectivity index (χ4v) is 2.12. The van der Waals surface area contributed by atoms with Crippen molar-refractivity contribution in [2.75, 3.05) is 13.2 Å². The smallest absolute Gasteiger partial charge is 0.313 e. The summed E-state index contributed by atoms with van der Waals surface area (Å²) in [5.74, 6) is -1.66. The fraction of sp³-hybridized carbons (Fsp3) is 0.429. The Kier molecular flexibility index (Phi) is 4.06. The molecule has 2 rings (SSSR count). The second kappa shape index (κ2) is 5.60. The van der Waals surface area contributed by atoms with Gasteiger partial charge in [0.05, 0.1) is 19.3 Å². The first-order valence-corrected chi connectivity index (χ1v) is 6.29. The van der Waals surface area contributed by atoms with Crippen LogP contribution in [0.1, 0.15) is 18.6 Å². The molecular formula is C14H17NO5. The minimum atomic E-state index is -1.32. The maximum Gasteiger partial charge on any atom is 0.313 e. The lowest BCUT2D eigenvalue weighted by Gasteiger charge is -2.26. The normalized spacial score (nSPS) is 27.0. The molecule has 20 heavy (non-hydrogen) atoms. The van der Waals surface area contributed by atoms with Crippen molar-refractivity contribution in [3.05, 3.63) is 35.9 Å². The molecule has 0 bridgehead atoms. The number of carboxylic acids is 1. The summed E-state index contributed by atoms with van der Waals surface area (Å²) in [7, 11) is 0. The molecule has 1 heterocycles. The monoisotopic (exact) mass is 279 g/mol. The van der Waals surface area contributed by atoms with E-state index in [1.807, 2.05) is 0 Å². The van der Waals surface area contributed by atoms with Crippen LogP contribution in [-0.2, 0) is 14.3 Å². The minimum Gasteiger partial charge on any atom is -0.481 e. The first kappa shape index (κ1) is 14.5. The van der Waals surface area contributed by atoms with Gasteiger partial charge < -0.3 is 20.3 Å². The van der Waals surface area contributed by atoms with Crippen LogP contribution in [0.3, 0.4) is 0 Å². The third-order valence-electron chi connectivity index (χ3n) is 3.62. The van der Waals surface area contributed by atoms with Crippen molar-refractivity contribution in [2.45, 2.75) is 19.1 Å². The molecule has 0 aliphatic carbocycles. The van der Waals surface area contributed by atoms with Gasteiger partial charge in [-0.25, -0.2) is 0 Å². The van der Waals surface area contributed by atoms with Crippen molar-refractivity contribution >= 4 is 11.9 Å². The van der Waals surface area contributed by atoms with Gasteiger partial charge in [-0.1, -0.05) is 30.3 Å². The third kappa shape index (κ3) is 2.66. The van der Waals surface area contributed by atoms with E-state index in [2.05, 4.69) is 5.32 Å². The lowest BCUT2D eigenvalue weighted by atomic mass is 9.85. The SMILES string of the molecule is CC1(C(=O)O)COCC1NC(=O)C(O)c1ccccc1. The minimum absolute atomic E-state index is 0.0364. The Balaban J connectivity index is 2.06. The fourth-order valence-electron chi connectivity index (χ4n) is 2.12. The van der Waals surface area contributed by atoms with Gasteiger partial charge in [0.15, 0.2) is 6.10 Å². The number of aliphatic hydroxyl groups excluding tert-OH is 1. The van der Waals surface area contributed by atoms with Gasteiger partial charge in [0, 0.05) is 0 Å². The number of carboxylic acid groups (broad SMARTS) is 1. The maximum atomic E-state index is 12.0. The van der Waals surface area contributed by atoms with Crippen LogP contribution < -0.4 is 5.32 Å². The number of carbonyl (C=O) groups is 2. The Labute approximate surface area is 116 Å². The van der Waals surface area contributed by atoms with E-state index < -0.39 is 29.4 Å². The second-order valence-corrected chi connectivity index (χ2v) is 5.11. The lowest BCUT2D eigenvalue weighted by molar-refractivity contribution is -0.149. The molecule has 3 atom stereocenters. The van der Waals surface area contributed by atoms with Gasteiger partial charge in [0.25, 0.3) is 5.91 Å². The number of ether oxygens (including phenoxy) is 1. The highest BCUT2D eigenvalue weighted by atomic mass is 16.5. The standard InChI is InChI=1S/C14H17NO5/c1-14(13(18)19)8-20-7-10(14)15-12(17)11(16)9-5-3-2-4-6-9/h2-6,10-11,16H,7-8H2,1H3,(H,15,17)(H,18,19). The summed E-state index contributed by atoms with van der Waals surface area (Å²) >= 11 is 0. The van der Waals surface area contributed by atoms with Crippen molar-refractivity contribution in [2.24, 2.45) is 5.41 Å². The molecule has 6 nitrogen and oxygen atoms in total. The Morgan fingerprint density at radius 3 is 2.65 bits per heavy atom. The number of carbonyl (C=O) groups excluding carboxylic acids is 1. The molecule has 3 N–H and O–H groups in total. The molecule has 1 aliphatic rings. The average Bonchev–Trinajstić information content (AvgIpc) is 2.81. The molecule has 108 valence electrons. The van der Waals surface area contributed by atoms with E-state index in [0.717, 1.165) is 0 Å². The van der Waals surface area contributed by atoms with Crippen molar-refractivity contribution < 1.29 is 24.5 Å². The molecule has 3 unspecified atom stereocenters. The Bertz CT molecular complexity index is 504. The van der Waals surface area contributed by atoms with E-state index in [1.54, 1.807) is 30.3 Å². The molecular weight excluding hydrogens is 262 g/mol. The predicted octanol–water partition coefficient (Wildman–Crippen LogP) is 0.326. The summed E-state index contributed by atoms with van der Waals surface area (Å²) in [6, 6.07) is 7.81. The quantitative estimate of drug-likeness (QED) is 0.738. The Morgan fingerprint density at radius 2 is 2.05 bits per heavy atom. The highest BCUT2D eigenvalue weighted by Crippen LogP contribution is 2.29. The topological polar surface area (TPSA) is 95.9 Å². The molecule has 1 saturated heterocycles. The van der Waals surface area contributed by atoms with Crippen LogP contribution in [0.4, 0.5) is 0 Å². The molecule has 1 aromatic rings. The molecule has 1 amide bonds. The van der Waals surface area contributed by atoms with Crippen molar-refractivity contribution in [3.8, 4) is 0 Å². The van der Waals surface area contributed by atoms with Gasteiger partial charge in [0.2, 0.25) is 0 Å². The molecule has 0 spiro atoms. The molecule has 1 aromatic carbocycles. The van der Waals surface area contributed by atoms with E-state index in [9.17, 15) is 19.8 Å². The molecule has 0 saturated carbocycles. The Morgan fingerprint density at radius 1 is 1.40 bits per heavy atom. The predicted molar refractivity (Wildman–Crippen MR) is 69.9 cm³/mol. The van der Waals surface area contributed by atoms with Crippen LogP contribution in [0, 0.1) is 5.41 Å². The van der Waals surface area contributed by atoms with E-state index in [-0.39, 0.29) is 13.2 Å². The van der Waals surface area contributed by atoms with E-state index in [0.29, 0.717) is 5.56 Å². The van der Waals surface area contributed by atoms with Crippen molar-refractivity contribution in [1.82, 2.24) is 5.32 Å². The average molecular weight is 279 g/mol. The van der Waals surface area contributed by atoms with Gasteiger partial charge in [-0.15, -0.1) is 0 Å². The van der Waals surface area contributed by atoms with Crippen LogP contribution in [0.15, 0.2) is 30.3 Å².